The molecule has 9 heteroatoms. The van der Waals surface area contributed by atoms with E-state index in [4.69, 9.17) is 22.2 Å². The van der Waals surface area contributed by atoms with Gasteiger partial charge in [-0.05, 0) is 29.8 Å². The third kappa shape index (κ3) is 4.47. The van der Waals surface area contributed by atoms with Gasteiger partial charge in [0.15, 0.2) is 0 Å². The molecule has 0 saturated heterocycles. The van der Waals surface area contributed by atoms with Crippen molar-refractivity contribution in [2.24, 2.45) is 5.10 Å². The van der Waals surface area contributed by atoms with Gasteiger partial charge in [0.05, 0.1) is 13.3 Å². The van der Waals surface area contributed by atoms with Crippen LogP contribution in [0.15, 0.2) is 58.8 Å². The molecule has 3 N–H and O–H groups in total. The van der Waals surface area contributed by atoms with Gasteiger partial charge in [0.2, 0.25) is 5.16 Å². The van der Waals surface area contributed by atoms with Gasteiger partial charge in [-0.3, -0.25) is 0 Å². The SMILES string of the molecule is COc1ccccc1/C=N/Nc1nnc(SCc2ccc(Cl)cc2)n1N. The Morgan fingerprint density at radius 2 is 2.00 bits per heavy atom. The number of thioether (sulfide) groups is 1. The van der Waals surface area contributed by atoms with Crippen LogP contribution >= 0.6 is 23.4 Å². The van der Waals surface area contributed by atoms with E-state index in [1.165, 1.54) is 16.4 Å². The summed E-state index contributed by atoms with van der Waals surface area (Å²) in [6, 6.07) is 15.2. The Hall–Kier alpha value is -2.71. The second kappa shape index (κ2) is 8.59. The smallest absolute Gasteiger partial charge is 0.264 e. The highest BCUT2D eigenvalue weighted by Crippen LogP contribution is 2.22. The lowest BCUT2D eigenvalue weighted by atomic mass is 10.2. The highest BCUT2D eigenvalue weighted by atomic mass is 35.5. The molecule has 0 aliphatic heterocycles. The molecule has 134 valence electrons. The van der Waals surface area contributed by atoms with E-state index in [9.17, 15) is 0 Å². The van der Waals surface area contributed by atoms with Gasteiger partial charge in [0, 0.05) is 16.3 Å². The van der Waals surface area contributed by atoms with Crippen LogP contribution in [-0.2, 0) is 5.75 Å². The Balaban J connectivity index is 1.61. The van der Waals surface area contributed by atoms with Crippen LogP contribution in [0.3, 0.4) is 0 Å². The van der Waals surface area contributed by atoms with Crippen LogP contribution in [0.25, 0.3) is 0 Å². The topological polar surface area (TPSA) is 90.3 Å². The second-order valence-electron chi connectivity index (χ2n) is 5.20. The van der Waals surface area contributed by atoms with Crippen molar-refractivity contribution in [1.29, 1.82) is 0 Å². The van der Waals surface area contributed by atoms with Crippen molar-refractivity contribution < 1.29 is 4.74 Å². The molecular formula is C17H17ClN6OS. The van der Waals surface area contributed by atoms with E-state index in [0.717, 1.165) is 16.9 Å². The number of para-hydroxylation sites is 1. The molecule has 2 aromatic carbocycles. The van der Waals surface area contributed by atoms with Crippen molar-refractivity contribution in [3.05, 3.63) is 64.7 Å². The van der Waals surface area contributed by atoms with Gasteiger partial charge >= 0.3 is 0 Å². The molecular weight excluding hydrogens is 372 g/mol. The zero-order valence-electron chi connectivity index (χ0n) is 14.0. The van der Waals surface area contributed by atoms with Gasteiger partial charge in [-0.1, -0.05) is 47.6 Å². The van der Waals surface area contributed by atoms with Crippen molar-refractivity contribution in [3.63, 3.8) is 0 Å². The Morgan fingerprint density at radius 1 is 1.23 bits per heavy atom. The first kappa shape index (κ1) is 18.1. The van der Waals surface area contributed by atoms with E-state index >= 15 is 0 Å². The predicted molar refractivity (Wildman–Crippen MR) is 105 cm³/mol. The predicted octanol–water partition coefficient (Wildman–Crippen LogP) is 3.39. The van der Waals surface area contributed by atoms with Gasteiger partial charge in [0.25, 0.3) is 5.95 Å². The summed E-state index contributed by atoms with van der Waals surface area (Å²) in [6.07, 6.45) is 1.63. The summed E-state index contributed by atoms with van der Waals surface area (Å²) in [5, 5.41) is 13.5. The maximum absolute atomic E-state index is 6.02. The Kier molecular flexibility index (Phi) is 5.98. The lowest BCUT2D eigenvalue weighted by Crippen LogP contribution is -2.13. The summed E-state index contributed by atoms with van der Waals surface area (Å²) < 4.78 is 6.63. The number of rotatable bonds is 7. The minimum absolute atomic E-state index is 0.342. The first-order chi connectivity index (χ1) is 12.7. The van der Waals surface area contributed by atoms with E-state index in [1.54, 1.807) is 13.3 Å². The number of nitrogens with one attached hydrogen (secondary N) is 1. The van der Waals surface area contributed by atoms with E-state index in [2.05, 4.69) is 20.7 Å². The van der Waals surface area contributed by atoms with Crippen LogP contribution in [0, 0.1) is 0 Å². The summed E-state index contributed by atoms with van der Waals surface area (Å²) >= 11 is 7.36. The van der Waals surface area contributed by atoms with E-state index in [-0.39, 0.29) is 0 Å². The number of hydrogen-bond donors (Lipinski definition) is 2. The molecule has 0 saturated carbocycles. The molecule has 1 heterocycles. The van der Waals surface area contributed by atoms with Gasteiger partial charge in [-0.2, -0.15) is 5.10 Å². The van der Waals surface area contributed by atoms with Crippen molar-refractivity contribution in [2.75, 3.05) is 18.4 Å². The normalized spacial score (nSPS) is 11.0. The number of ether oxygens (including phenoxy) is 1. The van der Waals surface area contributed by atoms with Crippen molar-refractivity contribution in [1.82, 2.24) is 14.9 Å². The molecule has 0 atom stereocenters. The number of nitrogen functional groups attached to an aromatic ring is 1. The molecule has 0 unspecified atom stereocenters. The number of hydrazone groups is 1. The highest BCUT2D eigenvalue weighted by Gasteiger charge is 2.09. The van der Waals surface area contributed by atoms with E-state index in [1.807, 2.05) is 48.5 Å². The number of aromatic nitrogens is 3. The molecule has 26 heavy (non-hydrogen) atoms. The van der Waals surface area contributed by atoms with Crippen LogP contribution in [0.4, 0.5) is 5.95 Å². The Morgan fingerprint density at radius 3 is 2.77 bits per heavy atom. The number of nitrogens with zero attached hydrogens (tertiary/aromatic N) is 4. The fourth-order valence-electron chi connectivity index (χ4n) is 2.11. The lowest BCUT2D eigenvalue weighted by Gasteiger charge is -2.04. The summed E-state index contributed by atoms with van der Waals surface area (Å²) in [6.45, 7) is 0. The van der Waals surface area contributed by atoms with Crippen LogP contribution in [0.1, 0.15) is 11.1 Å². The van der Waals surface area contributed by atoms with Crippen LogP contribution < -0.4 is 16.0 Å². The molecule has 3 aromatic rings. The minimum Gasteiger partial charge on any atom is -0.496 e. The van der Waals surface area contributed by atoms with E-state index < -0.39 is 0 Å². The standard InChI is InChI=1S/C17H17ClN6OS/c1-25-15-5-3-2-4-13(15)10-20-21-16-22-23-17(24(16)19)26-11-12-6-8-14(18)9-7-12/h2-10H,11,19H2,1H3,(H,21,22)/b20-10+. The average Bonchev–Trinajstić information content (AvgIpc) is 3.01. The molecule has 0 aliphatic carbocycles. The molecule has 0 aliphatic rings. The zero-order valence-corrected chi connectivity index (χ0v) is 15.5. The molecule has 0 bridgehead atoms. The first-order valence-corrected chi connectivity index (χ1v) is 9.03. The summed E-state index contributed by atoms with van der Waals surface area (Å²) in [4.78, 5) is 0. The van der Waals surface area contributed by atoms with Crippen molar-refractivity contribution in [2.45, 2.75) is 10.9 Å². The van der Waals surface area contributed by atoms with Gasteiger partial charge in [0.1, 0.15) is 5.75 Å². The molecule has 0 spiro atoms. The summed E-state index contributed by atoms with van der Waals surface area (Å²) in [5.74, 6) is 7.79. The van der Waals surface area contributed by atoms with Crippen molar-refractivity contribution in [3.8, 4) is 5.75 Å². The monoisotopic (exact) mass is 388 g/mol. The fourth-order valence-corrected chi connectivity index (χ4v) is 3.05. The zero-order chi connectivity index (χ0) is 18.4. The molecule has 3 rings (SSSR count). The largest absolute Gasteiger partial charge is 0.496 e. The Labute approximate surface area is 160 Å². The second-order valence-corrected chi connectivity index (χ2v) is 6.58. The first-order valence-electron chi connectivity index (χ1n) is 7.67. The number of hydrogen-bond acceptors (Lipinski definition) is 7. The lowest BCUT2D eigenvalue weighted by molar-refractivity contribution is 0.414. The third-order valence-corrected chi connectivity index (χ3v) is 4.72. The number of anilines is 1. The molecule has 0 amide bonds. The molecule has 0 fully saturated rings. The molecule has 0 radical (unpaired) electrons. The average molecular weight is 389 g/mol. The number of nitrogens with two attached hydrogens (primary N) is 1. The quantitative estimate of drug-likeness (QED) is 0.279. The summed E-state index contributed by atoms with van der Waals surface area (Å²) in [5.41, 5.74) is 4.74. The van der Waals surface area contributed by atoms with Crippen LogP contribution in [0.2, 0.25) is 5.02 Å². The van der Waals surface area contributed by atoms with Crippen molar-refractivity contribution >= 4 is 35.5 Å². The van der Waals surface area contributed by atoms with E-state index in [0.29, 0.717) is 21.9 Å². The maximum Gasteiger partial charge on any atom is 0.264 e. The van der Waals surface area contributed by atoms with Gasteiger partial charge in [-0.15, -0.1) is 10.2 Å². The molecule has 1 aromatic heterocycles. The van der Waals surface area contributed by atoms with Crippen LogP contribution in [0.5, 0.6) is 5.75 Å². The van der Waals surface area contributed by atoms with Gasteiger partial charge in [-0.25, -0.2) is 10.1 Å². The number of benzene rings is 2. The summed E-state index contributed by atoms with van der Waals surface area (Å²) in [7, 11) is 1.61. The highest BCUT2D eigenvalue weighted by molar-refractivity contribution is 7.98. The molecule has 7 nitrogen and oxygen atoms in total. The van der Waals surface area contributed by atoms with Crippen LogP contribution in [-0.4, -0.2) is 28.2 Å². The minimum atomic E-state index is 0.342. The number of halogens is 1. The fraction of sp³-hybridized carbons (Fsp3) is 0.118. The van der Waals surface area contributed by atoms with Gasteiger partial charge < -0.3 is 10.6 Å². The third-order valence-electron chi connectivity index (χ3n) is 3.45. The maximum atomic E-state index is 6.02. The number of methoxy groups -OCH3 is 1. The Bertz CT molecular complexity index is 897.